The summed E-state index contributed by atoms with van der Waals surface area (Å²) >= 11 is 0. The van der Waals surface area contributed by atoms with Gasteiger partial charge in [-0.15, -0.1) is 0 Å². The molecule has 5 heteroatoms. The summed E-state index contributed by atoms with van der Waals surface area (Å²) in [4.78, 5) is 24.3. The molecule has 1 amide bonds. The summed E-state index contributed by atoms with van der Waals surface area (Å²) in [6.45, 7) is 7.30. The zero-order valence-corrected chi connectivity index (χ0v) is 21.0. The third-order valence-electron chi connectivity index (χ3n) is 6.44. The van der Waals surface area contributed by atoms with Crippen molar-refractivity contribution in [1.29, 1.82) is 0 Å². The molecule has 0 aliphatic rings. The monoisotopic (exact) mass is 454 g/mol. The number of benzene rings is 1. The molecule has 0 saturated carbocycles. The highest BCUT2D eigenvalue weighted by Crippen LogP contribution is 2.34. The summed E-state index contributed by atoms with van der Waals surface area (Å²) in [5.41, 5.74) is 10.9. The standard InChI is InChI=1S/C28H42N2O3/c1-5-7-8-9-10-11-12-13-14-20-30-21(3)25(27(29)31)26(24(30)15-6-2)22-16-18-23(19-17-22)28(32)33-4/h16-19H,5-15,20H2,1-4H3,(H2,29,31). The molecule has 0 atom stereocenters. The van der Waals surface area contributed by atoms with Crippen LogP contribution in [-0.2, 0) is 17.7 Å². The Bertz CT molecular complexity index is 897. The van der Waals surface area contributed by atoms with Gasteiger partial charge in [-0.1, -0.05) is 83.8 Å². The second kappa shape index (κ2) is 13.9. The van der Waals surface area contributed by atoms with E-state index in [4.69, 9.17) is 10.5 Å². The first-order valence-corrected chi connectivity index (χ1v) is 12.7. The fourth-order valence-electron chi connectivity index (χ4n) is 4.68. The second-order valence-corrected chi connectivity index (χ2v) is 8.95. The molecule has 0 unspecified atom stereocenters. The lowest BCUT2D eigenvalue weighted by Crippen LogP contribution is -2.13. The third kappa shape index (κ3) is 7.21. The summed E-state index contributed by atoms with van der Waals surface area (Å²) in [5, 5.41) is 0. The molecule has 1 heterocycles. The van der Waals surface area contributed by atoms with E-state index in [1.807, 2.05) is 19.1 Å². The van der Waals surface area contributed by atoms with E-state index >= 15 is 0 Å². The zero-order chi connectivity index (χ0) is 24.2. The summed E-state index contributed by atoms with van der Waals surface area (Å²) in [7, 11) is 1.37. The molecule has 2 N–H and O–H groups in total. The molecule has 0 saturated heterocycles. The number of rotatable bonds is 15. The number of esters is 1. The molecule has 0 bridgehead atoms. The summed E-state index contributed by atoms with van der Waals surface area (Å²) in [6, 6.07) is 7.26. The number of primary amides is 1. The van der Waals surface area contributed by atoms with Gasteiger partial charge in [0.15, 0.2) is 0 Å². The highest BCUT2D eigenvalue weighted by Gasteiger charge is 2.24. The predicted octanol–water partition coefficient (Wildman–Crippen LogP) is 6.83. The first-order chi connectivity index (χ1) is 16.0. The van der Waals surface area contributed by atoms with Crippen molar-refractivity contribution in [2.24, 2.45) is 5.73 Å². The number of hydrogen-bond donors (Lipinski definition) is 1. The van der Waals surface area contributed by atoms with Gasteiger partial charge in [-0.05, 0) is 37.5 Å². The molecule has 5 nitrogen and oxygen atoms in total. The van der Waals surface area contributed by atoms with E-state index in [0.29, 0.717) is 11.1 Å². The number of hydrogen-bond acceptors (Lipinski definition) is 3. The average Bonchev–Trinajstić information content (AvgIpc) is 3.09. The Morgan fingerprint density at radius 2 is 1.45 bits per heavy atom. The van der Waals surface area contributed by atoms with Crippen molar-refractivity contribution in [2.45, 2.75) is 97.9 Å². The van der Waals surface area contributed by atoms with Crippen LogP contribution in [0.15, 0.2) is 24.3 Å². The van der Waals surface area contributed by atoms with Crippen LogP contribution in [0, 0.1) is 6.92 Å². The zero-order valence-electron chi connectivity index (χ0n) is 21.0. The van der Waals surface area contributed by atoms with Crippen LogP contribution in [0.2, 0.25) is 0 Å². The molecule has 2 rings (SSSR count). The maximum atomic E-state index is 12.5. The summed E-state index contributed by atoms with van der Waals surface area (Å²) in [6.07, 6.45) is 13.4. The Hall–Kier alpha value is -2.56. The Labute approximate surface area is 199 Å². The Morgan fingerprint density at radius 1 is 0.879 bits per heavy atom. The van der Waals surface area contributed by atoms with Crippen LogP contribution < -0.4 is 5.73 Å². The van der Waals surface area contributed by atoms with Gasteiger partial charge in [-0.2, -0.15) is 0 Å². The third-order valence-corrected chi connectivity index (χ3v) is 6.44. The SMILES string of the molecule is CCCCCCCCCCCn1c(C)c(C(N)=O)c(-c2ccc(C(=O)OC)cc2)c1CCC. The minimum Gasteiger partial charge on any atom is -0.465 e. The molecule has 0 aliphatic carbocycles. The van der Waals surface area contributed by atoms with Crippen LogP contribution in [-0.4, -0.2) is 23.6 Å². The van der Waals surface area contributed by atoms with E-state index in [-0.39, 0.29) is 5.97 Å². The first-order valence-electron chi connectivity index (χ1n) is 12.7. The number of amides is 1. The highest BCUT2D eigenvalue weighted by atomic mass is 16.5. The number of nitrogens with zero attached hydrogens (tertiary/aromatic N) is 1. The molecule has 0 fully saturated rings. The topological polar surface area (TPSA) is 74.3 Å². The van der Waals surface area contributed by atoms with E-state index in [9.17, 15) is 9.59 Å². The molecule has 0 radical (unpaired) electrons. The predicted molar refractivity (Wildman–Crippen MR) is 136 cm³/mol. The quantitative estimate of drug-likeness (QED) is 0.237. The van der Waals surface area contributed by atoms with Crippen LogP contribution in [0.1, 0.15) is 110 Å². The number of methoxy groups -OCH3 is 1. The van der Waals surface area contributed by atoms with Crippen molar-refractivity contribution in [3.63, 3.8) is 0 Å². The smallest absolute Gasteiger partial charge is 0.337 e. The first kappa shape index (κ1) is 26.7. The van der Waals surface area contributed by atoms with Gasteiger partial charge < -0.3 is 15.0 Å². The van der Waals surface area contributed by atoms with E-state index in [1.54, 1.807) is 12.1 Å². The van der Waals surface area contributed by atoms with Crippen molar-refractivity contribution in [2.75, 3.05) is 7.11 Å². The van der Waals surface area contributed by atoms with E-state index in [2.05, 4.69) is 18.4 Å². The molecule has 182 valence electrons. The maximum absolute atomic E-state index is 12.5. The van der Waals surface area contributed by atoms with Gasteiger partial charge in [0.1, 0.15) is 0 Å². The largest absolute Gasteiger partial charge is 0.465 e. The Kier molecular flexibility index (Phi) is 11.2. The Morgan fingerprint density at radius 3 is 1.97 bits per heavy atom. The van der Waals surface area contributed by atoms with Crippen LogP contribution in [0.4, 0.5) is 0 Å². The van der Waals surface area contributed by atoms with Crippen LogP contribution in [0.25, 0.3) is 11.1 Å². The van der Waals surface area contributed by atoms with Crippen molar-refractivity contribution in [3.8, 4) is 11.1 Å². The molecule has 2 aromatic rings. The van der Waals surface area contributed by atoms with Crippen molar-refractivity contribution < 1.29 is 14.3 Å². The molecule has 1 aromatic heterocycles. The van der Waals surface area contributed by atoms with Gasteiger partial charge in [0.25, 0.3) is 5.91 Å². The molecular formula is C28H42N2O3. The van der Waals surface area contributed by atoms with Crippen molar-refractivity contribution >= 4 is 11.9 Å². The Balaban J connectivity index is 2.19. The van der Waals surface area contributed by atoms with Crippen LogP contribution in [0.3, 0.4) is 0 Å². The number of aromatic nitrogens is 1. The van der Waals surface area contributed by atoms with Gasteiger partial charge in [0.2, 0.25) is 0 Å². The average molecular weight is 455 g/mol. The maximum Gasteiger partial charge on any atom is 0.337 e. The number of carbonyl (C=O) groups is 2. The normalized spacial score (nSPS) is 11.0. The van der Waals surface area contributed by atoms with Crippen molar-refractivity contribution in [3.05, 3.63) is 46.8 Å². The lowest BCUT2D eigenvalue weighted by Gasteiger charge is -2.13. The second-order valence-electron chi connectivity index (χ2n) is 8.95. The molecule has 1 aromatic carbocycles. The van der Waals surface area contributed by atoms with Gasteiger partial charge >= 0.3 is 5.97 Å². The van der Waals surface area contributed by atoms with E-state index in [0.717, 1.165) is 48.3 Å². The molecule has 0 spiro atoms. The van der Waals surface area contributed by atoms with Gasteiger partial charge in [0.05, 0.1) is 18.2 Å². The molecular weight excluding hydrogens is 412 g/mol. The molecule has 33 heavy (non-hydrogen) atoms. The van der Waals surface area contributed by atoms with E-state index < -0.39 is 5.91 Å². The lowest BCUT2D eigenvalue weighted by molar-refractivity contribution is 0.0600. The van der Waals surface area contributed by atoms with Crippen LogP contribution in [0.5, 0.6) is 0 Å². The number of carbonyl (C=O) groups excluding carboxylic acids is 2. The minimum atomic E-state index is -0.400. The molecule has 0 aliphatic heterocycles. The highest BCUT2D eigenvalue weighted by molar-refractivity contribution is 6.02. The van der Waals surface area contributed by atoms with E-state index in [1.165, 1.54) is 58.5 Å². The fourth-order valence-corrected chi connectivity index (χ4v) is 4.68. The number of nitrogens with two attached hydrogens (primary N) is 1. The van der Waals surface area contributed by atoms with Gasteiger partial charge in [0, 0.05) is 23.5 Å². The minimum absolute atomic E-state index is 0.371. The number of ether oxygens (including phenoxy) is 1. The van der Waals surface area contributed by atoms with Gasteiger partial charge in [-0.25, -0.2) is 4.79 Å². The lowest BCUT2D eigenvalue weighted by atomic mass is 9.97. The van der Waals surface area contributed by atoms with Crippen LogP contribution >= 0.6 is 0 Å². The summed E-state index contributed by atoms with van der Waals surface area (Å²) in [5.74, 6) is -0.771. The fraction of sp³-hybridized carbons (Fsp3) is 0.571. The van der Waals surface area contributed by atoms with Gasteiger partial charge in [-0.3, -0.25) is 4.79 Å². The number of unbranched alkanes of at least 4 members (excludes halogenated alkanes) is 8. The summed E-state index contributed by atoms with van der Waals surface area (Å²) < 4.78 is 7.11. The van der Waals surface area contributed by atoms with Crippen molar-refractivity contribution in [1.82, 2.24) is 4.57 Å².